The van der Waals surface area contributed by atoms with Crippen molar-refractivity contribution >= 4 is 5.52 Å². The van der Waals surface area contributed by atoms with Gasteiger partial charge in [0.2, 0.25) is 0 Å². The van der Waals surface area contributed by atoms with Gasteiger partial charge in [0.15, 0.2) is 0 Å². The third-order valence-electron chi connectivity index (χ3n) is 4.41. The molecule has 3 rings (SSSR count). The van der Waals surface area contributed by atoms with E-state index in [9.17, 15) is 4.79 Å². The Morgan fingerprint density at radius 3 is 2.90 bits per heavy atom. The summed E-state index contributed by atoms with van der Waals surface area (Å²) in [4.78, 5) is 12.3. The smallest absolute Gasteiger partial charge is 0.276 e. The van der Waals surface area contributed by atoms with Gasteiger partial charge >= 0.3 is 0 Å². The molecule has 0 radical (unpaired) electrons. The van der Waals surface area contributed by atoms with Crippen molar-refractivity contribution in [1.29, 1.82) is 0 Å². The number of nitrogens with one attached hydrogen (secondary N) is 1. The molecule has 1 saturated carbocycles. The van der Waals surface area contributed by atoms with Crippen LogP contribution in [0, 0.1) is 12.8 Å². The molecule has 1 aliphatic carbocycles. The Kier molecular flexibility index (Phi) is 4.39. The highest BCUT2D eigenvalue weighted by Gasteiger charge is 2.12. The SMILES string of the molecule is Cc1cc2c(=O)n(CCNCC3CCCCC3)ccn2n1. The second-order valence-electron chi connectivity index (χ2n) is 6.12. The van der Waals surface area contributed by atoms with Crippen molar-refractivity contribution in [3.05, 3.63) is 34.5 Å². The van der Waals surface area contributed by atoms with E-state index in [1.165, 1.54) is 32.1 Å². The fourth-order valence-corrected chi connectivity index (χ4v) is 3.22. The van der Waals surface area contributed by atoms with Crippen molar-refractivity contribution in [2.75, 3.05) is 13.1 Å². The maximum Gasteiger partial charge on any atom is 0.276 e. The Hall–Kier alpha value is -1.62. The topological polar surface area (TPSA) is 51.3 Å². The van der Waals surface area contributed by atoms with Crippen LogP contribution < -0.4 is 10.9 Å². The Labute approximate surface area is 125 Å². The maximum atomic E-state index is 12.3. The van der Waals surface area contributed by atoms with Gasteiger partial charge < -0.3 is 9.88 Å². The second kappa shape index (κ2) is 6.43. The van der Waals surface area contributed by atoms with Gasteiger partial charge in [-0.2, -0.15) is 5.10 Å². The molecule has 1 fully saturated rings. The van der Waals surface area contributed by atoms with Crippen LogP contribution in [0.15, 0.2) is 23.3 Å². The average molecular weight is 288 g/mol. The summed E-state index contributed by atoms with van der Waals surface area (Å²) in [7, 11) is 0. The van der Waals surface area contributed by atoms with Crippen molar-refractivity contribution in [3.63, 3.8) is 0 Å². The van der Waals surface area contributed by atoms with Gasteiger partial charge in [0.25, 0.3) is 5.56 Å². The Balaban J connectivity index is 1.55. The molecule has 21 heavy (non-hydrogen) atoms. The lowest BCUT2D eigenvalue weighted by molar-refractivity contribution is 0.340. The molecule has 5 heteroatoms. The van der Waals surface area contributed by atoms with E-state index >= 15 is 0 Å². The lowest BCUT2D eigenvalue weighted by atomic mass is 9.89. The normalized spacial score (nSPS) is 16.6. The molecule has 0 saturated heterocycles. The third kappa shape index (κ3) is 3.35. The first-order valence-electron chi connectivity index (χ1n) is 8.00. The molecule has 1 N–H and O–H groups in total. The molecule has 5 nitrogen and oxygen atoms in total. The van der Waals surface area contributed by atoms with Crippen LogP contribution in [0.1, 0.15) is 37.8 Å². The van der Waals surface area contributed by atoms with Crippen LogP contribution in [0.3, 0.4) is 0 Å². The molecule has 114 valence electrons. The van der Waals surface area contributed by atoms with E-state index in [0.717, 1.165) is 24.7 Å². The van der Waals surface area contributed by atoms with Crippen molar-refractivity contribution < 1.29 is 0 Å². The zero-order valence-electron chi connectivity index (χ0n) is 12.7. The fraction of sp³-hybridized carbons (Fsp3) is 0.625. The average Bonchev–Trinajstić information content (AvgIpc) is 2.88. The Bertz CT molecular complexity index is 652. The van der Waals surface area contributed by atoms with Crippen LogP contribution in [0.5, 0.6) is 0 Å². The highest BCUT2D eigenvalue weighted by Crippen LogP contribution is 2.22. The van der Waals surface area contributed by atoms with Crippen molar-refractivity contribution in [2.45, 2.75) is 45.6 Å². The Morgan fingerprint density at radius 1 is 1.29 bits per heavy atom. The zero-order chi connectivity index (χ0) is 14.7. The minimum Gasteiger partial charge on any atom is -0.315 e. The monoisotopic (exact) mass is 288 g/mol. The highest BCUT2D eigenvalue weighted by atomic mass is 16.1. The van der Waals surface area contributed by atoms with Gasteiger partial charge in [0.05, 0.1) is 5.69 Å². The summed E-state index contributed by atoms with van der Waals surface area (Å²) >= 11 is 0. The number of aromatic nitrogens is 3. The highest BCUT2D eigenvalue weighted by molar-refractivity contribution is 5.44. The van der Waals surface area contributed by atoms with Gasteiger partial charge in [0, 0.05) is 25.5 Å². The predicted octanol–water partition coefficient (Wildman–Crippen LogP) is 1.97. The summed E-state index contributed by atoms with van der Waals surface area (Å²) in [5.41, 5.74) is 1.57. The third-order valence-corrected chi connectivity index (χ3v) is 4.41. The summed E-state index contributed by atoms with van der Waals surface area (Å²) in [6.07, 6.45) is 10.5. The molecule has 0 aromatic carbocycles. The minimum absolute atomic E-state index is 0.0394. The molecule has 0 aliphatic heterocycles. The number of aryl methyl sites for hydroxylation is 1. The molecule has 0 bridgehead atoms. The molecular weight excluding hydrogens is 264 g/mol. The second-order valence-corrected chi connectivity index (χ2v) is 6.12. The number of hydrogen-bond acceptors (Lipinski definition) is 3. The summed E-state index contributed by atoms with van der Waals surface area (Å²) in [6.45, 7) is 4.55. The number of fused-ring (bicyclic) bond motifs is 1. The number of rotatable bonds is 5. The molecule has 2 aromatic rings. The zero-order valence-corrected chi connectivity index (χ0v) is 12.7. The van der Waals surface area contributed by atoms with Gasteiger partial charge in [-0.1, -0.05) is 19.3 Å². The fourth-order valence-electron chi connectivity index (χ4n) is 3.22. The van der Waals surface area contributed by atoms with Crippen LogP contribution >= 0.6 is 0 Å². The standard InChI is InChI=1S/C16H24N4O/c1-13-11-15-16(21)19(9-10-20(15)18-13)8-7-17-12-14-5-3-2-4-6-14/h9-11,14,17H,2-8,12H2,1H3. The largest absolute Gasteiger partial charge is 0.315 e. The van der Waals surface area contributed by atoms with Crippen LogP contribution in [0.4, 0.5) is 0 Å². The summed E-state index contributed by atoms with van der Waals surface area (Å²) in [5, 5.41) is 7.76. The minimum atomic E-state index is 0.0394. The molecule has 0 unspecified atom stereocenters. The van der Waals surface area contributed by atoms with E-state index in [2.05, 4.69) is 10.4 Å². The van der Waals surface area contributed by atoms with Gasteiger partial charge in [-0.3, -0.25) is 4.79 Å². The predicted molar refractivity (Wildman–Crippen MR) is 83.6 cm³/mol. The van der Waals surface area contributed by atoms with E-state index in [-0.39, 0.29) is 5.56 Å². The van der Waals surface area contributed by atoms with Crippen LogP contribution in [0.2, 0.25) is 0 Å². The molecule has 0 amide bonds. The van der Waals surface area contributed by atoms with Crippen molar-refractivity contribution in [1.82, 2.24) is 19.5 Å². The van der Waals surface area contributed by atoms with Crippen molar-refractivity contribution in [3.8, 4) is 0 Å². The van der Waals surface area contributed by atoms with Gasteiger partial charge in [-0.15, -0.1) is 0 Å². The molecule has 0 spiro atoms. The number of nitrogens with zero attached hydrogens (tertiary/aromatic N) is 3. The molecule has 1 aliphatic rings. The van der Waals surface area contributed by atoms with Crippen molar-refractivity contribution in [2.24, 2.45) is 5.92 Å². The first-order chi connectivity index (χ1) is 10.2. The van der Waals surface area contributed by atoms with E-state index < -0.39 is 0 Å². The molecule has 2 heterocycles. The summed E-state index contributed by atoms with van der Waals surface area (Å²) < 4.78 is 3.42. The quantitative estimate of drug-likeness (QED) is 0.856. The van der Waals surface area contributed by atoms with E-state index in [0.29, 0.717) is 12.1 Å². The lowest BCUT2D eigenvalue weighted by Crippen LogP contribution is -2.30. The summed E-state index contributed by atoms with van der Waals surface area (Å²) in [5.74, 6) is 0.829. The first kappa shape index (κ1) is 14.3. The molecule has 0 atom stereocenters. The van der Waals surface area contributed by atoms with Gasteiger partial charge in [0.1, 0.15) is 5.52 Å². The summed E-state index contributed by atoms with van der Waals surface area (Å²) in [6, 6.07) is 1.84. The number of hydrogen-bond donors (Lipinski definition) is 1. The van der Waals surface area contributed by atoms with E-state index in [4.69, 9.17) is 0 Å². The molecular formula is C16H24N4O. The maximum absolute atomic E-state index is 12.3. The van der Waals surface area contributed by atoms with Gasteiger partial charge in [-0.25, -0.2) is 4.52 Å². The van der Waals surface area contributed by atoms with Gasteiger partial charge in [-0.05, 0) is 38.3 Å². The first-order valence-corrected chi connectivity index (χ1v) is 8.00. The lowest BCUT2D eigenvalue weighted by Gasteiger charge is -2.21. The van der Waals surface area contributed by atoms with Crippen LogP contribution in [0.25, 0.3) is 5.52 Å². The van der Waals surface area contributed by atoms with Crippen LogP contribution in [-0.4, -0.2) is 27.3 Å². The molecule has 2 aromatic heterocycles. The Morgan fingerprint density at radius 2 is 2.10 bits per heavy atom. The van der Waals surface area contributed by atoms with Crippen LogP contribution in [-0.2, 0) is 6.54 Å². The van der Waals surface area contributed by atoms with E-state index in [1.54, 1.807) is 9.08 Å². The van der Waals surface area contributed by atoms with E-state index in [1.807, 2.05) is 25.4 Å².